The summed E-state index contributed by atoms with van der Waals surface area (Å²) >= 11 is 0. The number of hydrogen-bond acceptors (Lipinski definition) is 2. The Morgan fingerprint density at radius 3 is 2.70 bits per heavy atom. The zero-order valence-electron chi connectivity index (χ0n) is 14.4. The van der Waals surface area contributed by atoms with Crippen LogP contribution in [0.5, 0.6) is 0 Å². The Bertz CT molecular complexity index is 446. The molecule has 0 aromatic heterocycles. The van der Waals surface area contributed by atoms with E-state index in [0.29, 0.717) is 18.3 Å². The zero-order chi connectivity index (χ0) is 15.8. The molecule has 1 aromatic rings. The molecule has 130 valence electrons. The molecule has 0 aliphatic carbocycles. The summed E-state index contributed by atoms with van der Waals surface area (Å²) in [5.74, 6) is 1.28. The Morgan fingerprint density at radius 1 is 1.35 bits per heavy atom. The highest BCUT2D eigenvalue weighted by molar-refractivity contribution is 5.85. The van der Waals surface area contributed by atoms with E-state index in [0.717, 1.165) is 25.9 Å². The van der Waals surface area contributed by atoms with E-state index in [2.05, 4.69) is 36.6 Å². The normalized spacial score (nSPS) is 20.2. The summed E-state index contributed by atoms with van der Waals surface area (Å²) in [6.07, 6.45) is 5.19. The van der Waals surface area contributed by atoms with Crippen LogP contribution >= 0.6 is 12.4 Å². The third-order valence-corrected chi connectivity index (χ3v) is 4.76. The Balaban J connectivity index is 0.00000264. The summed E-state index contributed by atoms with van der Waals surface area (Å²) in [6, 6.07) is 10.5. The summed E-state index contributed by atoms with van der Waals surface area (Å²) < 4.78 is 0. The van der Waals surface area contributed by atoms with Crippen LogP contribution in [0.3, 0.4) is 0 Å². The highest BCUT2D eigenvalue weighted by Crippen LogP contribution is 2.24. The summed E-state index contributed by atoms with van der Waals surface area (Å²) in [7, 11) is 0. The maximum atomic E-state index is 12.4. The fourth-order valence-corrected chi connectivity index (χ4v) is 3.37. The highest BCUT2D eigenvalue weighted by atomic mass is 35.5. The lowest BCUT2D eigenvalue weighted by atomic mass is 9.85. The topological polar surface area (TPSA) is 41.1 Å². The van der Waals surface area contributed by atoms with Gasteiger partial charge in [-0.05, 0) is 49.8 Å². The van der Waals surface area contributed by atoms with Crippen molar-refractivity contribution >= 4 is 18.3 Å². The van der Waals surface area contributed by atoms with Gasteiger partial charge in [-0.25, -0.2) is 0 Å². The van der Waals surface area contributed by atoms with Crippen LogP contribution in [0.2, 0.25) is 0 Å². The molecule has 2 rings (SSSR count). The number of rotatable bonds is 7. The molecule has 0 spiro atoms. The maximum absolute atomic E-state index is 12.4. The standard InChI is InChI=1S/C19H30N2O.ClH/c1-3-8-18(16-9-5-4-6-10-16)21-19(22)13-15(2)17-11-7-12-20-14-17;/h4-6,9-10,15,17-18,20H,3,7-8,11-14H2,1-2H3,(H,21,22);1H. The molecule has 1 aliphatic heterocycles. The van der Waals surface area contributed by atoms with Crippen LogP contribution in [0.25, 0.3) is 0 Å². The molecule has 3 nitrogen and oxygen atoms in total. The lowest BCUT2D eigenvalue weighted by Gasteiger charge is -2.28. The molecule has 2 N–H and O–H groups in total. The molecule has 1 aromatic carbocycles. The predicted molar refractivity (Wildman–Crippen MR) is 98.9 cm³/mol. The molecular weight excluding hydrogens is 308 g/mol. The molecule has 4 heteroatoms. The first-order chi connectivity index (χ1) is 10.7. The van der Waals surface area contributed by atoms with Gasteiger partial charge in [-0.3, -0.25) is 4.79 Å². The van der Waals surface area contributed by atoms with Crippen molar-refractivity contribution in [2.75, 3.05) is 13.1 Å². The molecule has 0 radical (unpaired) electrons. The van der Waals surface area contributed by atoms with Gasteiger partial charge < -0.3 is 10.6 Å². The quantitative estimate of drug-likeness (QED) is 0.786. The number of halogens is 1. The molecule has 1 amide bonds. The summed E-state index contributed by atoms with van der Waals surface area (Å²) in [5.41, 5.74) is 1.21. The van der Waals surface area contributed by atoms with E-state index >= 15 is 0 Å². The number of amides is 1. The molecular formula is C19H31ClN2O. The van der Waals surface area contributed by atoms with E-state index in [4.69, 9.17) is 0 Å². The van der Waals surface area contributed by atoms with Crippen LogP contribution in [-0.2, 0) is 4.79 Å². The third-order valence-electron chi connectivity index (χ3n) is 4.76. The third kappa shape index (κ3) is 6.52. The van der Waals surface area contributed by atoms with Crippen LogP contribution in [-0.4, -0.2) is 19.0 Å². The number of hydrogen-bond donors (Lipinski definition) is 2. The molecule has 1 aliphatic rings. The van der Waals surface area contributed by atoms with Gasteiger partial charge in [0.1, 0.15) is 0 Å². The van der Waals surface area contributed by atoms with Crippen molar-refractivity contribution in [1.82, 2.24) is 10.6 Å². The van der Waals surface area contributed by atoms with E-state index < -0.39 is 0 Å². The van der Waals surface area contributed by atoms with Crippen molar-refractivity contribution in [1.29, 1.82) is 0 Å². The lowest BCUT2D eigenvalue weighted by molar-refractivity contribution is -0.123. The number of piperidine rings is 1. The summed E-state index contributed by atoms with van der Waals surface area (Å²) in [5, 5.41) is 6.69. The van der Waals surface area contributed by atoms with Crippen LogP contribution < -0.4 is 10.6 Å². The average molecular weight is 339 g/mol. The fraction of sp³-hybridized carbons (Fsp3) is 0.632. The highest BCUT2D eigenvalue weighted by Gasteiger charge is 2.23. The number of benzene rings is 1. The number of nitrogens with one attached hydrogen (secondary N) is 2. The van der Waals surface area contributed by atoms with Gasteiger partial charge in [-0.15, -0.1) is 12.4 Å². The van der Waals surface area contributed by atoms with Crippen LogP contribution in [0.15, 0.2) is 30.3 Å². The minimum absolute atomic E-state index is 0. The van der Waals surface area contributed by atoms with Crippen molar-refractivity contribution in [3.8, 4) is 0 Å². The van der Waals surface area contributed by atoms with Crippen LogP contribution in [0, 0.1) is 11.8 Å². The smallest absolute Gasteiger partial charge is 0.220 e. The summed E-state index contributed by atoms with van der Waals surface area (Å²) in [6.45, 7) is 6.57. The fourth-order valence-electron chi connectivity index (χ4n) is 3.37. The predicted octanol–water partition coefficient (Wildman–Crippen LogP) is 4.09. The Morgan fingerprint density at radius 2 is 2.09 bits per heavy atom. The molecule has 3 atom stereocenters. The van der Waals surface area contributed by atoms with Crippen molar-refractivity contribution < 1.29 is 4.79 Å². The van der Waals surface area contributed by atoms with Gasteiger partial charge in [0.25, 0.3) is 0 Å². The monoisotopic (exact) mass is 338 g/mol. The second-order valence-corrected chi connectivity index (χ2v) is 6.61. The SMILES string of the molecule is CCCC(NC(=O)CC(C)C1CCCNC1)c1ccccc1.Cl. The zero-order valence-corrected chi connectivity index (χ0v) is 15.2. The van der Waals surface area contributed by atoms with E-state index in [1.54, 1.807) is 0 Å². The van der Waals surface area contributed by atoms with Gasteiger partial charge in [0.15, 0.2) is 0 Å². The van der Waals surface area contributed by atoms with E-state index in [-0.39, 0.29) is 24.4 Å². The molecule has 1 fully saturated rings. The molecule has 1 saturated heterocycles. The van der Waals surface area contributed by atoms with E-state index in [9.17, 15) is 4.79 Å². The minimum atomic E-state index is 0. The van der Waals surface area contributed by atoms with Gasteiger partial charge >= 0.3 is 0 Å². The van der Waals surface area contributed by atoms with E-state index in [1.165, 1.54) is 18.4 Å². The average Bonchev–Trinajstić information content (AvgIpc) is 2.56. The lowest BCUT2D eigenvalue weighted by Crippen LogP contribution is -2.36. The second kappa shape index (κ2) is 10.7. The van der Waals surface area contributed by atoms with Gasteiger partial charge in [-0.1, -0.05) is 50.6 Å². The van der Waals surface area contributed by atoms with Gasteiger partial charge in [0.2, 0.25) is 5.91 Å². The van der Waals surface area contributed by atoms with Crippen molar-refractivity contribution in [3.05, 3.63) is 35.9 Å². The van der Waals surface area contributed by atoms with E-state index in [1.807, 2.05) is 18.2 Å². The van der Waals surface area contributed by atoms with Crippen molar-refractivity contribution in [2.45, 2.75) is 52.0 Å². The minimum Gasteiger partial charge on any atom is -0.349 e. The summed E-state index contributed by atoms with van der Waals surface area (Å²) in [4.78, 5) is 12.4. The molecule has 3 unspecified atom stereocenters. The largest absolute Gasteiger partial charge is 0.349 e. The molecule has 23 heavy (non-hydrogen) atoms. The first-order valence-electron chi connectivity index (χ1n) is 8.75. The van der Waals surface area contributed by atoms with Crippen molar-refractivity contribution in [2.24, 2.45) is 11.8 Å². The van der Waals surface area contributed by atoms with Gasteiger partial charge in [-0.2, -0.15) is 0 Å². The molecule has 0 bridgehead atoms. The van der Waals surface area contributed by atoms with Gasteiger partial charge in [0.05, 0.1) is 6.04 Å². The molecule has 0 saturated carbocycles. The second-order valence-electron chi connectivity index (χ2n) is 6.61. The van der Waals surface area contributed by atoms with Crippen LogP contribution in [0.1, 0.15) is 57.6 Å². The van der Waals surface area contributed by atoms with Crippen molar-refractivity contribution in [3.63, 3.8) is 0 Å². The first-order valence-corrected chi connectivity index (χ1v) is 8.75. The Labute approximate surface area is 147 Å². The Hall–Kier alpha value is -1.06. The van der Waals surface area contributed by atoms with Gasteiger partial charge in [0, 0.05) is 6.42 Å². The maximum Gasteiger partial charge on any atom is 0.220 e. The van der Waals surface area contributed by atoms with Crippen LogP contribution in [0.4, 0.5) is 0 Å². The number of carbonyl (C=O) groups is 1. The first kappa shape index (κ1) is 20.0. The Kier molecular flexibility index (Phi) is 9.27. The number of carbonyl (C=O) groups excluding carboxylic acids is 1. The molecule has 1 heterocycles.